The first-order chi connectivity index (χ1) is 9.16. The molecule has 1 aromatic carbocycles. The molecule has 1 N–H and O–H groups in total. The van der Waals surface area contributed by atoms with E-state index in [1.165, 1.54) is 0 Å². The van der Waals surface area contributed by atoms with Crippen molar-refractivity contribution in [3.05, 3.63) is 53.5 Å². The number of hydrogen-bond acceptors (Lipinski definition) is 2. The minimum absolute atomic E-state index is 0.261. The fraction of sp³-hybridized carbons (Fsp3) is 0.200. The molecular weight excluding hydrogens is 245 g/mol. The van der Waals surface area contributed by atoms with Crippen LogP contribution in [0.5, 0.6) is 0 Å². The summed E-state index contributed by atoms with van der Waals surface area (Å²) in [6.45, 7) is 0. The van der Waals surface area contributed by atoms with Gasteiger partial charge in [-0.25, -0.2) is 4.39 Å². The number of carboxylic acids is 1. The zero-order valence-electron chi connectivity index (χ0n) is 10.1. The summed E-state index contributed by atoms with van der Waals surface area (Å²) in [5.41, 5.74) is 2.33. The van der Waals surface area contributed by atoms with Gasteiger partial charge >= 0.3 is 5.97 Å². The molecule has 0 amide bonds. The summed E-state index contributed by atoms with van der Waals surface area (Å²) in [7, 11) is 0. The summed E-state index contributed by atoms with van der Waals surface area (Å²) in [4.78, 5) is 15.1. The molecule has 0 saturated heterocycles. The predicted molar refractivity (Wildman–Crippen MR) is 68.2 cm³/mol. The van der Waals surface area contributed by atoms with E-state index in [-0.39, 0.29) is 12.2 Å². The molecule has 0 saturated carbocycles. The average molecular weight is 257 g/mol. The maximum atomic E-state index is 14.5. The Morgan fingerprint density at radius 3 is 2.79 bits per heavy atom. The molecular formula is C15H12FNO2. The summed E-state index contributed by atoms with van der Waals surface area (Å²) in [5.74, 6) is -1.71. The molecule has 1 aromatic heterocycles. The Morgan fingerprint density at radius 1 is 1.26 bits per heavy atom. The topological polar surface area (TPSA) is 50.2 Å². The van der Waals surface area contributed by atoms with Gasteiger partial charge in [-0.2, -0.15) is 0 Å². The monoisotopic (exact) mass is 257 g/mol. The Labute approximate surface area is 109 Å². The van der Waals surface area contributed by atoms with Gasteiger partial charge in [0.1, 0.15) is 5.82 Å². The third-order valence-corrected chi connectivity index (χ3v) is 3.55. The number of rotatable bonds is 2. The van der Waals surface area contributed by atoms with Crippen LogP contribution in [0, 0.1) is 11.7 Å². The molecule has 1 unspecified atom stereocenters. The third-order valence-electron chi connectivity index (χ3n) is 3.55. The van der Waals surface area contributed by atoms with E-state index in [1.54, 1.807) is 30.5 Å². The number of fused-ring (bicyclic) bond motifs is 1. The fourth-order valence-electron chi connectivity index (χ4n) is 2.55. The van der Waals surface area contributed by atoms with Crippen LogP contribution in [0.25, 0.3) is 11.3 Å². The van der Waals surface area contributed by atoms with Gasteiger partial charge in [0.25, 0.3) is 0 Å². The van der Waals surface area contributed by atoms with Gasteiger partial charge < -0.3 is 5.11 Å². The normalized spacial score (nSPS) is 17.2. The van der Waals surface area contributed by atoms with E-state index in [0.29, 0.717) is 23.2 Å². The second-order valence-electron chi connectivity index (χ2n) is 4.72. The Morgan fingerprint density at radius 2 is 2.11 bits per heavy atom. The number of aromatic nitrogens is 1. The van der Waals surface area contributed by atoms with Crippen molar-refractivity contribution in [3.8, 4) is 11.3 Å². The lowest BCUT2D eigenvalue weighted by atomic mass is 10.0. The van der Waals surface area contributed by atoms with Crippen molar-refractivity contribution in [2.45, 2.75) is 12.8 Å². The molecule has 0 aliphatic heterocycles. The van der Waals surface area contributed by atoms with Gasteiger partial charge in [0.15, 0.2) is 0 Å². The van der Waals surface area contributed by atoms with Crippen LogP contribution in [0.1, 0.15) is 11.1 Å². The summed E-state index contributed by atoms with van der Waals surface area (Å²) in [6.07, 6.45) is 2.28. The van der Waals surface area contributed by atoms with E-state index in [9.17, 15) is 9.18 Å². The van der Waals surface area contributed by atoms with Crippen LogP contribution in [0.15, 0.2) is 36.5 Å². The Hall–Kier alpha value is -2.23. The molecule has 4 heteroatoms. The van der Waals surface area contributed by atoms with Crippen LogP contribution in [-0.2, 0) is 17.6 Å². The summed E-state index contributed by atoms with van der Waals surface area (Å²) in [5, 5.41) is 9.03. The lowest BCUT2D eigenvalue weighted by molar-refractivity contribution is -0.141. The molecule has 0 spiro atoms. The Balaban J connectivity index is 2.05. The van der Waals surface area contributed by atoms with Crippen LogP contribution in [0.2, 0.25) is 0 Å². The zero-order chi connectivity index (χ0) is 13.4. The standard InChI is InChI=1S/C15H12FNO2/c16-14-11(13-3-1-2-6-17-13)5-4-9-7-10(15(18)19)8-12(9)14/h1-6,10H,7-8H2,(H,18,19). The fourth-order valence-corrected chi connectivity index (χ4v) is 2.55. The van der Waals surface area contributed by atoms with E-state index in [0.717, 1.165) is 5.56 Å². The minimum atomic E-state index is -0.866. The third kappa shape index (κ3) is 1.99. The highest BCUT2D eigenvalue weighted by Crippen LogP contribution is 2.33. The Kier molecular flexibility index (Phi) is 2.78. The van der Waals surface area contributed by atoms with E-state index in [2.05, 4.69) is 4.98 Å². The van der Waals surface area contributed by atoms with Crippen molar-refractivity contribution in [1.82, 2.24) is 4.98 Å². The van der Waals surface area contributed by atoms with Crippen molar-refractivity contribution in [3.63, 3.8) is 0 Å². The van der Waals surface area contributed by atoms with E-state index in [1.807, 2.05) is 6.07 Å². The first-order valence-corrected chi connectivity index (χ1v) is 6.11. The van der Waals surface area contributed by atoms with Gasteiger partial charge in [-0.05, 0) is 42.2 Å². The number of pyridine rings is 1. The first-order valence-electron chi connectivity index (χ1n) is 6.11. The number of hydrogen-bond donors (Lipinski definition) is 1. The molecule has 0 radical (unpaired) electrons. The van der Waals surface area contributed by atoms with E-state index >= 15 is 0 Å². The van der Waals surface area contributed by atoms with Gasteiger partial charge in [-0.15, -0.1) is 0 Å². The van der Waals surface area contributed by atoms with Gasteiger partial charge in [-0.3, -0.25) is 9.78 Å². The molecule has 19 heavy (non-hydrogen) atoms. The van der Waals surface area contributed by atoms with Crippen molar-refractivity contribution in [2.75, 3.05) is 0 Å². The van der Waals surface area contributed by atoms with Gasteiger partial charge in [0.05, 0.1) is 11.6 Å². The molecule has 1 heterocycles. The highest BCUT2D eigenvalue weighted by molar-refractivity contribution is 5.73. The average Bonchev–Trinajstić information content (AvgIpc) is 2.85. The molecule has 1 atom stereocenters. The number of benzene rings is 1. The number of nitrogens with zero attached hydrogens (tertiary/aromatic N) is 1. The van der Waals surface area contributed by atoms with Crippen molar-refractivity contribution < 1.29 is 14.3 Å². The highest BCUT2D eigenvalue weighted by atomic mass is 19.1. The second kappa shape index (κ2) is 4.46. The van der Waals surface area contributed by atoms with Crippen molar-refractivity contribution >= 4 is 5.97 Å². The number of carbonyl (C=O) groups is 1. The van der Waals surface area contributed by atoms with Crippen LogP contribution in [-0.4, -0.2) is 16.1 Å². The Bertz CT molecular complexity index is 640. The molecule has 0 bridgehead atoms. The van der Waals surface area contributed by atoms with Gasteiger partial charge in [-0.1, -0.05) is 12.1 Å². The predicted octanol–water partition coefficient (Wildman–Crippen LogP) is 2.69. The van der Waals surface area contributed by atoms with Crippen LogP contribution in [0.4, 0.5) is 4.39 Å². The first kappa shape index (κ1) is 11.8. The molecule has 3 nitrogen and oxygen atoms in total. The van der Waals surface area contributed by atoms with Crippen LogP contribution in [0.3, 0.4) is 0 Å². The number of carboxylic acid groups (broad SMARTS) is 1. The lowest BCUT2D eigenvalue weighted by Crippen LogP contribution is -2.13. The van der Waals surface area contributed by atoms with E-state index in [4.69, 9.17) is 5.11 Å². The smallest absolute Gasteiger partial charge is 0.307 e. The lowest BCUT2D eigenvalue weighted by Gasteiger charge is -2.07. The number of aliphatic carboxylic acids is 1. The minimum Gasteiger partial charge on any atom is -0.481 e. The maximum Gasteiger partial charge on any atom is 0.307 e. The molecule has 1 aliphatic carbocycles. The van der Waals surface area contributed by atoms with E-state index < -0.39 is 11.9 Å². The summed E-state index contributed by atoms with van der Waals surface area (Å²) in [6, 6.07) is 8.81. The molecule has 1 aliphatic rings. The number of halogens is 1. The van der Waals surface area contributed by atoms with Gasteiger partial charge in [0, 0.05) is 11.8 Å². The largest absolute Gasteiger partial charge is 0.481 e. The zero-order valence-corrected chi connectivity index (χ0v) is 10.1. The SMILES string of the molecule is O=C(O)C1Cc2ccc(-c3ccccn3)c(F)c2C1. The van der Waals surface area contributed by atoms with Gasteiger partial charge in [0.2, 0.25) is 0 Å². The van der Waals surface area contributed by atoms with Crippen LogP contribution < -0.4 is 0 Å². The molecule has 0 fully saturated rings. The summed E-state index contributed by atoms with van der Waals surface area (Å²) < 4.78 is 14.5. The van der Waals surface area contributed by atoms with Crippen molar-refractivity contribution in [1.29, 1.82) is 0 Å². The van der Waals surface area contributed by atoms with Crippen LogP contribution >= 0.6 is 0 Å². The maximum absolute atomic E-state index is 14.5. The second-order valence-corrected chi connectivity index (χ2v) is 4.72. The molecule has 96 valence electrons. The quantitative estimate of drug-likeness (QED) is 0.899. The van der Waals surface area contributed by atoms with Crippen molar-refractivity contribution in [2.24, 2.45) is 5.92 Å². The summed E-state index contributed by atoms with van der Waals surface area (Å²) >= 11 is 0. The highest BCUT2D eigenvalue weighted by Gasteiger charge is 2.30. The molecule has 2 aromatic rings. The molecule has 3 rings (SSSR count).